The van der Waals surface area contributed by atoms with E-state index in [1.165, 1.54) is 15.3 Å². The first-order valence-corrected chi connectivity index (χ1v) is 15.4. The molecule has 0 radical (unpaired) electrons. The van der Waals surface area contributed by atoms with Crippen molar-refractivity contribution < 1.29 is 22.4 Å². The third-order valence-corrected chi connectivity index (χ3v) is 7.79. The van der Waals surface area contributed by atoms with E-state index in [4.69, 9.17) is 0 Å². The zero-order chi connectivity index (χ0) is 29.0. The molecule has 3 aromatic carbocycles. The van der Waals surface area contributed by atoms with Crippen molar-refractivity contribution in [1.82, 2.24) is 10.2 Å². The first kappa shape index (κ1) is 30.8. The molecule has 40 heavy (non-hydrogen) atoms. The van der Waals surface area contributed by atoms with Crippen molar-refractivity contribution >= 4 is 27.5 Å². The van der Waals surface area contributed by atoms with Crippen molar-refractivity contribution in [2.45, 2.75) is 51.6 Å². The minimum absolute atomic E-state index is 0.0131. The highest BCUT2D eigenvalue weighted by Gasteiger charge is 2.31. The first-order chi connectivity index (χ1) is 19.2. The maximum Gasteiger partial charge on any atom is 0.243 e. The fourth-order valence-electron chi connectivity index (χ4n) is 4.47. The van der Waals surface area contributed by atoms with E-state index in [9.17, 15) is 22.4 Å². The maximum absolute atomic E-state index is 14.7. The number of halogens is 1. The molecule has 0 heterocycles. The molecule has 0 fully saturated rings. The zero-order valence-corrected chi connectivity index (χ0v) is 23.9. The van der Waals surface area contributed by atoms with Gasteiger partial charge in [-0.15, -0.1) is 0 Å². The number of para-hydroxylation sites is 1. The van der Waals surface area contributed by atoms with Gasteiger partial charge < -0.3 is 10.2 Å². The highest BCUT2D eigenvalue weighted by atomic mass is 32.2. The van der Waals surface area contributed by atoms with Gasteiger partial charge in [0.25, 0.3) is 0 Å². The normalized spacial score (nSPS) is 12.0. The first-order valence-electron chi connectivity index (χ1n) is 13.6. The lowest BCUT2D eigenvalue weighted by Crippen LogP contribution is -2.50. The molecule has 7 nitrogen and oxygen atoms in total. The molecule has 0 aliphatic carbocycles. The van der Waals surface area contributed by atoms with Gasteiger partial charge in [-0.1, -0.05) is 80.1 Å². The fraction of sp³-hybridized carbons (Fsp3) is 0.355. The Labute approximate surface area is 237 Å². The number of hydrogen-bond acceptors (Lipinski definition) is 4. The van der Waals surface area contributed by atoms with Crippen LogP contribution in [0, 0.1) is 5.82 Å². The molecule has 2 amide bonds. The van der Waals surface area contributed by atoms with Gasteiger partial charge in [-0.3, -0.25) is 13.9 Å². The van der Waals surface area contributed by atoms with Crippen LogP contribution in [-0.4, -0.2) is 50.5 Å². The van der Waals surface area contributed by atoms with Crippen LogP contribution in [0.15, 0.2) is 84.9 Å². The zero-order valence-electron chi connectivity index (χ0n) is 23.1. The van der Waals surface area contributed by atoms with Crippen LogP contribution in [0.25, 0.3) is 0 Å². The molecule has 0 spiro atoms. The van der Waals surface area contributed by atoms with Crippen molar-refractivity contribution in [1.29, 1.82) is 0 Å². The van der Waals surface area contributed by atoms with Gasteiger partial charge in [0.1, 0.15) is 11.9 Å². The van der Waals surface area contributed by atoms with Crippen molar-refractivity contribution in [3.05, 3.63) is 102 Å². The van der Waals surface area contributed by atoms with E-state index in [-0.39, 0.29) is 44.2 Å². The van der Waals surface area contributed by atoms with Crippen molar-refractivity contribution in [2.24, 2.45) is 0 Å². The number of hydrogen-bond donors (Lipinski definition) is 1. The number of unbranched alkanes of at least 4 members (excludes halogenated alkanes) is 1. The minimum atomic E-state index is -3.58. The summed E-state index contributed by atoms with van der Waals surface area (Å²) in [5, 5.41) is 2.94. The molecule has 9 heteroatoms. The quantitative estimate of drug-likeness (QED) is 0.264. The molecule has 0 aromatic heterocycles. The molecule has 0 saturated heterocycles. The van der Waals surface area contributed by atoms with Crippen molar-refractivity contribution in [3.8, 4) is 0 Å². The lowest BCUT2D eigenvalue weighted by molar-refractivity contribution is -0.141. The third kappa shape index (κ3) is 9.19. The van der Waals surface area contributed by atoms with E-state index >= 15 is 0 Å². The van der Waals surface area contributed by atoms with Crippen LogP contribution in [0.2, 0.25) is 0 Å². The van der Waals surface area contributed by atoms with Gasteiger partial charge in [-0.2, -0.15) is 0 Å². The Balaban J connectivity index is 1.87. The Morgan fingerprint density at radius 2 is 1.52 bits per heavy atom. The number of carbonyl (C=O) groups is 2. The fourth-order valence-corrected chi connectivity index (χ4v) is 5.43. The van der Waals surface area contributed by atoms with Crippen molar-refractivity contribution in [2.75, 3.05) is 23.7 Å². The van der Waals surface area contributed by atoms with Crippen LogP contribution in [0.3, 0.4) is 0 Å². The van der Waals surface area contributed by atoms with Gasteiger partial charge in [-0.05, 0) is 36.6 Å². The van der Waals surface area contributed by atoms with Crippen LogP contribution < -0.4 is 9.62 Å². The van der Waals surface area contributed by atoms with Gasteiger partial charge >= 0.3 is 0 Å². The van der Waals surface area contributed by atoms with Crippen LogP contribution in [-0.2, 0) is 32.6 Å². The molecule has 0 aliphatic rings. The van der Waals surface area contributed by atoms with Gasteiger partial charge in [0.2, 0.25) is 21.8 Å². The topological polar surface area (TPSA) is 86.8 Å². The maximum atomic E-state index is 14.7. The van der Waals surface area contributed by atoms with Gasteiger partial charge in [-0.25, -0.2) is 12.8 Å². The Hall–Kier alpha value is -3.72. The number of nitrogens with one attached hydrogen (secondary N) is 1. The summed E-state index contributed by atoms with van der Waals surface area (Å²) in [5.74, 6) is -1.11. The molecule has 1 atom stereocenters. The number of anilines is 1. The standard InChI is InChI=1S/C31H38FN3O4S/c1-3-4-21-33-31(37)29(23-25-14-7-5-8-15-25)34(24-26-16-11-12-19-28(26)32)30(36)20-13-22-35(40(2,38)39)27-17-9-6-10-18-27/h5-12,14-19,29H,3-4,13,20-24H2,1-2H3,(H,33,37)/t29-/m1/s1. The average molecular weight is 568 g/mol. The summed E-state index contributed by atoms with van der Waals surface area (Å²) < 4.78 is 40.9. The molecular formula is C31H38FN3O4S. The second-order valence-corrected chi connectivity index (χ2v) is 11.6. The van der Waals surface area contributed by atoms with E-state index in [1.807, 2.05) is 37.3 Å². The lowest BCUT2D eigenvalue weighted by Gasteiger charge is -2.32. The monoisotopic (exact) mass is 567 g/mol. The second kappa shape index (κ2) is 15.2. The average Bonchev–Trinajstić information content (AvgIpc) is 2.94. The summed E-state index contributed by atoms with van der Waals surface area (Å²) in [5.41, 5.74) is 1.69. The highest BCUT2D eigenvalue weighted by molar-refractivity contribution is 7.92. The summed E-state index contributed by atoms with van der Waals surface area (Å²) in [6.07, 6.45) is 3.30. The Morgan fingerprint density at radius 1 is 0.900 bits per heavy atom. The Kier molecular flexibility index (Phi) is 11.7. The summed E-state index contributed by atoms with van der Waals surface area (Å²) in [6, 6.07) is 23.4. The molecule has 0 unspecified atom stereocenters. The number of nitrogens with zero attached hydrogens (tertiary/aromatic N) is 2. The molecule has 1 N–H and O–H groups in total. The third-order valence-electron chi connectivity index (χ3n) is 6.60. The van der Waals surface area contributed by atoms with E-state index in [0.717, 1.165) is 24.7 Å². The molecule has 0 bridgehead atoms. The van der Waals surface area contributed by atoms with Crippen LogP contribution in [0.4, 0.5) is 10.1 Å². The minimum Gasteiger partial charge on any atom is -0.354 e. The van der Waals surface area contributed by atoms with E-state index in [0.29, 0.717) is 17.8 Å². The number of sulfonamides is 1. The number of rotatable bonds is 15. The largest absolute Gasteiger partial charge is 0.354 e. The smallest absolute Gasteiger partial charge is 0.243 e. The number of benzene rings is 3. The van der Waals surface area contributed by atoms with Crippen LogP contribution >= 0.6 is 0 Å². The molecule has 3 aromatic rings. The van der Waals surface area contributed by atoms with Gasteiger partial charge in [0.05, 0.1) is 11.9 Å². The summed E-state index contributed by atoms with van der Waals surface area (Å²) >= 11 is 0. The molecule has 0 saturated carbocycles. The second-order valence-electron chi connectivity index (χ2n) is 9.74. The van der Waals surface area contributed by atoms with Crippen LogP contribution in [0.5, 0.6) is 0 Å². The Bertz CT molecular complexity index is 1340. The van der Waals surface area contributed by atoms with E-state index < -0.39 is 21.9 Å². The van der Waals surface area contributed by atoms with E-state index in [1.54, 1.807) is 48.5 Å². The SMILES string of the molecule is CCCCNC(=O)[C@@H](Cc1ccccc1)N(Cc1ccccc1F)C(=O)CCCN(c1ccccc1)S(C)(=O)=O. The molecule has 3 rings (SSSR count). The summed E-state index contributed by atoms with van der Waals surface area (Å²) in [4.78, 5) is 28.6. The summed E-state index contributed by atoms with van der Waals surface area (Å²) in [6.45, 7) is 2.51. The Morgan fingerprint density at radius 3 is 2.15 bits per heavy atom. The number of carbonyl (C=O) groups excluding carboxylic acids is 2. The molecule has 0 aliphatic heterocycles. The molecular weight excluding hydrogens is 529 g/mol. The van der Waals surface area contributed by atoms with Crippen molar-refractivity contribution in [3.63, 3.8) is 0 Å². The van der Waals surface area contributed by atoms with Crippen LogP contribution in [0.1, 0.15) is 43.7 Å². The molecule has 214 valence electrons. The predicted molar refractivity (Wildman–Crippen MR) is 157 cm³/mol. The lowest BCUT2D eigenvalue weighted by atomic mass is 10.0. The highest BCUT2D eigenvalue weighted by Crippen LogP contribution is 2.20. The van der Waals surface area contributed by atoms with Gasteiger partial charge in [0.15, 0.2) is 0 Å². The number of amides is 2. The predicted octanol–water partition coefficient (Wildman–Crippen LogP) is 4.93. The van der Waals surface area contributed by atoms with Gasteiger partial charge in [0, 0.05) is 38.0 Å². The van der Waals surface area contributed by atoms with E-state index in [2.05, 4.69) is 5.32 Å². The summed E-state index contributed by atoms with van der Waals surface area (Å²) in [7, 11) is -3.58.